The minimum absolute atomic E-state index is 0.0236. The molecule has 0 saturated carbocycles. The number of anilines is 1. The fourth-order valence-electron chi connectivity index (χ4n) is 5.63. The molecule has 0 bridgehead atoms. The topological polar surface area (TPSA) is 46.3 Å². The third-order valence-corrected chi connectivity index (χ3v) is 7.74. The maximum absolute atomic E-state index is 13.0. The number of aryl methyl sites for hydroxylation is 1. The van der Waals surface area contributed by atoms with E-state index < -0.39 is 11.7 Å². The van der Waals surface area contributed by atoms with Crippen LogP contribution in [-0.4, -0.2) is 17.9 Å². The fraction of sp³-hybridized carbons (Fsp3) is 0.400. The van der Waals surface area contributed by atoms with Crippen LogP contribution in [0.25, 0.3) is 11.5 Å². The minimum Gasteiger partial charge on any atom is -0.441 e. The first-order valence-electron chi connectivity index (χ1n) is 12.9. The van der Waals surface area contributed by atoms with Crippen LogP contribution in [0.4, 0.5) is 18.9 Å². The van der Waals surface area contributed by atoms with Crippen LogP contribution in [0.3, 0.4) is 0 Å². The Bertz CT molecular complexity index is 1310. The normalized spacial score (nSPS) is 20.4. The van der Waals surface area contributed by atoms with Crippen molar-refractivity contribution in [1.82, 2.24) is 4.98 Å². The highest BCUT2D eigenvalue weighted by Gasteiger charge is 2.33. The van der Waals surface area contributed by atoms with E-state index in [1.807, 2.05) is 37.1 Å². The molecule has 3 aromatic rings. The number of fused-ring (bicyclic) bond motifs is 1. The number of para-hydroxylation sites is 1. The number of amides is 1. The van der Waals surface area contributed by atoms with Crippen molar-refractivity contribution in [1.29, 1.82) is 0 Å². The molecular formula is C30H31F3N2O2. The first-order valence-corrected chi connectivity index (χ1v) is 12.9. The molecule has 1 aromatic heterocycles. The Labute approximate surface area is 215 Å². The summed E-state index contributed by atoms with van der Waals surface area (Å²) >= 11 is 0. The standard InChI is InChI=1S/C30H31F3N2O2/c1-19-26(34-28(37-19)22-12-14-25(15-13-22)30(31,32)33)17-21-7-5-6-20(10-11-21)16-24-18-23-8-3-4-9-27(23)35(2)29(24)36/h3-4,7-9,12-15,20,24H,5-6,10-11,16-18H2,1-2H3. The SMILES string of the molecule is Cc1oc(-c2ccc(C(F)(F)F)cc2)nc1CC1=CCCC(CC2Cc3ccccc3N(C)C2=O)CC1. The van der Waals surface area contributed by atoms with E-state index in [2.05, 4.69) is 17.1 Å². The molecule has 194 valence electrons. The number of rotatable bonds is 5. The van der Waals surface area contributed by atoms with E-state index in [0.29, 0.717) is 29.6 Å². The first-order chi connectivity index (χ1) is 17.7. The zero-order valence-corrected chi connectivity index (χ0v) is 21.1. The molecule has 2 atom stereocenters. The van der Waals surface area contributed by atoms with Crippen molar-refractivity contribution in [2.75, 3.05) is 11.9 Å². The molecule has 4 nitrogen and oxygen atoms in total. The van der Waals surface area contributed by atoms with E-state index in [1.54, 1.807) is 0 Å². The highest BCUT2D eigenvalue weighted by Crippen LogP contribution is 2.36. The molecule has 2 aromatic carbocycles. The molecule has 2 heterocycles. The number of hydrogen-bond acceptors (Lipinski definition) is 3. The zero-order valence-electron chi connectivity index (χ0n) is 21.1. The van der Waals surface area contributed by atoms with Crippen molar-refractivity contribution in [3.63, 3.8) is 0 Å². The average molecular weight is 509 g/mol. The first kappa shape index (κ1) is 25.3. The lowest BCUT2D eigenvalue weighted by Crippen LogP contribution is -2.39. The van der Waals surface area contributed by atoms with Crippen LogP contribution in [0.2, 0.25) is 0 Å². The number of oxazole rings is 1. The van der Waals surface area contributed by atoms with E-state index in [0.717, 1.165) is 62.0 Å². The van der Waals surface area contributed by atoms with Crippen LogP contribution in [0.5, 0.6) is 0 Å². The quantitative estimate of drug-likeness (QED) is 0.334. The van der Waals surface area contributed by atoms with Gasteiger partial charge in [0.15, 0.2) is 0 Å². The summed E-state index contributed by atoms with van der Waals surface area (Å²) in [6, 6.07) is 13.1. The largest absolute Gasteiger partial charge is 0.441 e. The lowest BCUT2D eigenvalue weighted by molar-refractivity contribution is -0.137. The number of halogens is 3. The molecule has 2 aliphatic rings. The lowest BCUT2D eigenvalue weighted by atomic mass is 9.82. The van der Waals surface area contributed by atoms with Gasteiger partial charge in [-0.05, 0) is 87.3 Å². The molecule has 7 heteroatoms. The molecule has 0 fully saturated rings. The Morgan fingerprint density at radius 3 is 2.59 bits per heavy atom. The summed E-state index contributed by atoms with van der Waals surface area (Å²) in [5.74, 6) is 1.75. The summed E-state index contributed by atoms with van der Waals surface area (Å²) in [5.41, 5.74) is 4.22. The van der Waals surface area contributed by atoms with Crippen LogP contribution >= 0.6 is 0 Å². The molecule has 1 aliphatic heterocycles. The number of benzene rings is 2. The second-order valence-corrected chi connectivity index (χ2v) is 10.3. The Balaban J connectivity index is 1.20. The number of allylic oxidation sites excluding steroid dienone is 2. The van der Waals surface area contributed by atoms with E-state index in [4.69, 9.17) is 4.42 Å². The third-order valence-electron chi connectivity index (χ3n) is 7.74. The molecule has 1 aliphatic carbocycles. The maximum atomic E-state index is 13.0. The van der Waals surface area contributed by atoms with Crippen molar-refractivity contribution >= 4 is 11.6 Å². The highest BCUT2D eigenvalue weighted by atomic mass is 19.4. The van der Waals surface area contributed by atoms with Gasteiger partial charge in [-0.15, -0.1) is 0 Å². The Morgan fingerprint density at radius 1 is 1.08 bits per heavy atom. The second kappa shape index (κ2) is 10.2. The Kier molecular flexibility index (Phi) is 6.97. The third kappa shape index (κ3) is 5.50. The van der Waals surface area contributed by atoms with Crippen molar-refractivity contribution in [2.45, 2.75) is 58.0 Å². The van der Waals surface area contributed by atoms with Gasteiger partial charge in [-0.3, -0.25) is 4.79 Å². The smallest absolute Gasteiger partial charge is 0.416 e. The van der Waals surface area contributed by atoms with E-state index in [9.17, 15) is 18.0 Å². The Hall–Kier alpha value is -3.35. The van der Waals surface area contributed by atoms with Crippen LogP contribution in [-0.2, 0) is 23.8 Å². The van der Waals surface area contributed by atoms with Crippen molar-refractivity contribution < 1.29 is 22.4 Å². The Morgan fingerprint density at radius 2 is 1.84 bits per heavy atom. The van der Waals surface area contributed by atoms with Gasteiger partial charge in [-0.25, -0.2) is 4.98 Å². The summed E-state index contributed by atoms with van der Waals surface area (Å²) in [7, 11) is 1.87. The molecule has 0 spiro atoms. The van der Waals surface area contributed by atoms with Crippen LogP contribution in [0.15, 0.2) is 64.6 Å². The maximum Gasteiger partial charge on any atom is 0.416 e. The van der Waals surface area contributed by atoms with Gasteiger partial charge in [0.1, 0.15) is 5.76 Å². The molecular weight excluding hydrogens is 477 g/mol. The molecule has 37 heavy (non-hydrogen) atoms. The van der Waals surface area contributed by atoms with Gasteiger partial charge in [0.05, 0.1) is 11.3 Å². The zero-order chi connectivity index (χ0) is 26.2. The van der Waals surface area contributed by atoms with Gasteiger partial charge in [0, 0.05) is 30.6 Å². The molecule has 1 amide bonds. The minimum atomic E-state index is -4.37. The summed E-state index contributed by atoms with van der Waals surface area (Å²) in [6.07, 6.45) is 4.30. The molecule has 0 radical (unpaired) electrons. The molecule has 0 saturated heterocycles. The summed E-state index contributed by atoms with van der Waals surface area (Å²) < 4.78 is 44.4. The van der Waals surface area contributed by atoms with Crippen molar-refractivity contribution in [3.05, 3.63) is 82.8 Å². The lowest BCUT2D eigenvalue weighted by Gasteiger charge is -2.33. The fourth-order valence-corrected chi connectivity index (χ4v) is 5.63. The predicted octanol–water partition coefficient (Wildman–Crippen LogP) is 7.55. The number of carbonyl (C=O) groups excluding carboxylic acids is 1. The van der Waals surface area contributed by atoms with Gasteiger partial charge in [-0.1, -0.05) is 29.8 Å². The van der Waals surface area contributed by atoms with E-state index in [-0.39, 0.29) is 11.8 Å². The summed E-state index contributed by atoms with van der Waals surface area (Å²) in [4.78, 5) is 19.4. The van der Waals surface area contributed by atoms with Gasteiger partial charge in [-0.2, -0.15) is 13.2 Å². The number of alkyl halides is 3. The highest BCUT2D eigenvalue weighted by molar-refractivity contribution is 5.97. The molecule has 5 rings (SSSR count). The number of nitrogens with zero attached hydrogens (tertiary/aromatic N) is 2. The monoisotopic (exact) mass is 508 g/mol. The van der Waals surface area contributed by atoms with Gasteiger partial charge in [0.25, 0.3) is 0 Å². The van der Waals surface area contributed by atoms with Crippen LogP contribution < -0.4 is 4.90 Å². The number of aromatic nitrogens is 1. The van der Waals surface area contributed by atoms with Gasteiger partial charge >= 0.3 is 6.18 Å². The average Bonchev–Trinajstić information content (AvgIpc) is 3.09. The molecule has 2 unspecified atom stereocenters. The number of carbonyl (C=O) groups is 1. The van der Waals surface area contributed by atoms with E-state index >= 15 is 0 Å². The van der Waals surface area contributed by atoms with Crippen molar-refractivity contribution in [3.8, 4) is 11.5 Å². The number of hydrogen-bond donors (Lipinski definition) is 0. The summed E-state index contributed by atoms with van der Waals surface area (Å²) in [5, 5.41) is 0. The van der Waals surface area contributed by atoms with Crippen LogP contribution in [0.1, 0.15) is 54.7 Å². The van der Waals surface area contributed by atoms with Crippen molar-refractivity contribution in [2.24, 2.45) is 11.8 Å². The molecule has 0 N–H and O–H groups in total. The van der Waals surface area contributed by atoms with Gasteiger partial charge in [0.2, 0.25) is 11.8 Å². The van der Waals surface area contributed by atoms with E-state index in [1.165, 1.54) is 23.3 Å². The summed E-state index contributed by atoms with van der Waals surface area (Å²) in [6.45, 7) is 1.85. The predicted molar refractivity (Wildman–Crippen MR) is 137 cm³/mol. The van der Waals surface area contributed by atoms with Crippen LogP contribution in [0, 0.1) is 18.8 Å². The second-order valence-electron chi connectivity index (χ2n) is 10.3. The van der Waals surface area contributed by atoms with Gasteiger partial charge < -0.3 is 9.32 Å².